The van der Waals surface area contributed by atoms with Crippen LogP contribution in [0, 0.1) is 0 Å². The SMILES string of the molecule is CC(C(=O)OCCN1CCN(CCOC(=O)C(C)c2cccc3ccccc23)CC1)c1cccc2ccccc12.Cl.Cl. The average Bonchev–Trinajstić information content (AvgIpc) is 3.00. The molecular weight excluding hydrogens is 571 g/mol. The summed E-state index contributed by atoms with van der Waals surface area (Å²) in [6, 6.07) is 28.4. The fraction of sp³-hybridized carbons (Fsp3) is 0.353. The van der Waals surface area contributed by atoms with Crippen LogP contribution in [0.25, 0.3) is 21.5 Å². The van der Waals surface area contributed by atoms with Crippen LogP contribution in [0.4, 0.5) is 0 Å². The fourth-order valence-corrected chi connectivity index (χ4v) is 5.55. The van der Waals surface area contributed by atoms with E-state index in [4.69, 9.17) is 9.47 Å². The molecule has 0 aliphatic carbocycles. The van der Waals surface area contributed by atoms with Crippen molar-refractivity contribution in [3.63, 3.8) is 0 Å². The van der Waals surface area contributed by atoms with Crippen LogP contribution >= 0.6 is 24.8 Å². The highest BCUT2D eigenvalue weighted by molar-refractivity contribution is 5.92. The van der Waals surface area contributed by atoms with Gasteiger partial charge in [-0.25, -0.2) is 0 Å². The predicted octanol–water partition coefficient (Wildman–Crippen LogP) is 6.45. The number of piperazine rings is 1. The monoisotopic (exact) mass is 610 g/mol. The second-order valence-electron chi connectivity index (χ2n) is 10.6. The van der Waals surface area contributed by atoms with Gasteiger partial charge in [-0.2, -0.15) is 0 Å². The van der Waals surface area contributed by atoms with Gasteiger partial charge in [-0.15, -0.1) is 24.8 Å². The molecule has 0 aromatic heterocycles. The van der Waals surface area contributed by atoms with Crippen molar-refractivity contribution >= 4 is 58.3 Å². The first-order valence-corrected chi connectivity index (χ1v) is 14.2. The molecule has 1 aliphatic heterocycles. The summed E-state index contributed by atoms with van der Waals surface area (Å²) < 4.78 is 11.3. The zero-order valence-electron chi connectivity index (χ0n) is 24.2. The maximum Gasteiger partial charge on any atom is 0.313 e. The van der Waals surface area contributed by atoms with Gasteiger partial charge in [0, 0.05) is 39.3 Å². The number of benzene rings is 4. The van der Waals surface area contributed by atoms with Gasteiger partial charge in [-0.1, -0.05) is 84.9 Å². The lowest BCUT2D eigenvalue weighted by atomic mass is 9.95. The highest BCUT2D eigenvalue weighted by atomic mass is 35.5. The first-order valence-electron chi connectivity index (χ1n) is 14.2. The molecule has 0 spiro atoms. The topological polar surface area (TPSA) is 59.1 Å². The fourth-order valence-electron chi connectivity index (χ4n) is 5.55. The molecule has 5 rings (SSSR count). The zero-order valence-corrected chi connectivity index (χ0v) is 25.9. The number of carbonyl (C=O) groups excluding carboxylic acids is 2. The predicted molar refractivity (Wildman–Crippen MR) is 174 cm³/mol. The minimum Gasteiger partial charge on any atom is -0.464 e. The number of hydrogen-bond acceptors (Lipinski definition) is 6. The summed E-state index contributed by atoms with van der Waals surface area (Å²) in [5, 5.41) is 4.46. The van der Waals surface area contributed by atoms with Gasteiger partial charge in [0.25, 0.3) is 0 Å². The zero-order chi connectivity index (χ0) is 27.9. The molecule has 2 unspecified atom stereocenters. The van der Waals surface area contributed by atoms with Crippen LogP contribution < -0.4 is 0 Å². The molecular formula is C34H40Cl2N2O4. The Morgan fingerprint density at radius 1 is 0.595 bits per heavy atom. The summed E-state index contributed by atoms with van der Waals surface area (Å²) >= 11 is 0. The second-order valence-corrected chi connectivity index (χ2v) is 10.6. The van der Waals surface area contributed by atoms with E-state index in [1.165, 1.54) is 0 Å². The van der Waals surface area contributed by atoms with Gasteiger partial charge in [0.2, 0.25) is 0 Å². The lowest BCUT2D eigenvalue weighted by Gasteiger charge is -2.34. The molecule has 0 saturated carbocycles. The van der Waals surface area contributed by atoms with E-state index in [1.807, 2.05) is 62.4 Å². The summed E-state index contributed by atoms with van der Waals surface area (Å²) in [5.74, 6) is -0.993. The van der Waals surface area contributed by atoms with E-state index in [9.17, 15) is 9.59 Å². The molecule has 8 heteroatoms. The summed E-state index contributed by atoms with van der Waals surface area (Å²) in [7, 11) is 0. The van der Waals surface area contributed by atoms with Crippen molar-refractivity contribution in [1.82, 2.24) is 9.80 Å². The summed E-state index contributed by atoms with van der Waals surface area (Å²) in [6.45, 7) is 9.64. The van der Waals surface area contributed by atoms with E-state index < -0.39 is 0 Å². The van der Waals surface area contributed by atoms with Gasteiger partial charge in [0.1, 0.15) is 13.2 Å². The van der Waals surface area contributed by atoms with Crippen LogP contribution in [0.5, 0.6) is 0 Å². The molecule has 1 heterocycles. The molecule has 42 heavy (non-hydrogen) atoms. The highest BCUT2D eigenvalue weighted by Gasteiger charge is 2.22. The number of hydrogen-bond donors (Lipinski definition) is 0. The minimum absolute atomic E-state index is 0. The lowest BCUT2D eigenvalue weighted by Crippen LogP contribution is -2.48. The summed E-state index contributed by atoms with van der Waals surface area (Å²) in [6.07, 6.45) is 0. The molecule has 0 amide bonds. The van der Waals surface area contributed by atoms with Crippen molar-refractivity contribution < 1.29 is 19.1 Å². The van der Waals surface area contributed by atoms with Crippen molar-refractivity contribution in [1.29, 1.82) is 0 Å². The van der Waals surface area contributed by atoms with Crippen molar-refractivity contribution in [2.24, 2.45) is 0 Å². The van der Waals surface area contributed by atoms with Crippen molar-refractivity contribution in [2.45, 2.75) is 25.7 Å². The Labute approximate surface area is 260 Å². The van der Waals surface area contributed by atoms with Crippen LogP contribution in [0.15, 0.2) is 84.9 Å². The van der Waals surface area contributed by atoms with E-state index in [-0.39, 0.29) is 48.6 Å². The maximum absolute atomic E-state index is 12.8. The van der Waals surface area contributed by atoms with E-state index in [0.29, 0.717) is 13.2 Å². The van der Waals surface area contributed by atoms with E-state index in [1.54, 1.807) is 0 Å². The molecule has 1 fully saturated rings. The summed E-state index contributed by atoms with van der Waals surface area (Å²) in [4.78, 5) is 30.2. The number of fused-ring (bicyclic) bond motifs is 2. The van der Waals surface area contributed by atoms with Crippen LogP contribution in [-0.2, 0) is 19.1 Å². The molecule has 0 bridgehead atoms. The Kier molecular flexibility index (Phi) is 12.6. The van der Waals surface area contributed by atoms with Gasteiger partial charge in [0.15, 0.2) is 0 Å². The van der Waals surface area contributed by atoms with Gasteiger partial charge in [0.05, 0.1) is 11.8 Å². The molecule has 4 aromatic carbocycles. The van der Waals surface area contributed by atoms with E-state index >= 15 is 0 Å². The van der Waals surface area contributed by atoms with Gasteiger partial charge < -0.3 is 9.47 Å². The number of halogens is 2. The van der Waals surface area contributed by atoms with Gasteiger partial charge in [-0.3, -0.25) is 19.4 Å². The van der Waals surface area contributed by atoms with Crippen LogP contribution in [0.2, 0.25) is 0 Å². The third kappa shape index (κ3) is 8.01. The number of rotatable bonds is 10. The number of carbonyl (C=O) groups is 2. The summed E-state index contributed by atoms with van der Waals surface area (Å²) in [5.41, 5.74) is 2.01. The largest absolute Gasteiger partial charge is 0.464 e. The Hall–Kier alpha value is -3.16. The standard InChI is InChI=1S/C34H38N2O4.2ClH/c1-25(29-15-7-11-27-9-3-5-13-31(27)29)33(37)39-23-21-35-17-19-36(20-18-35)22-24-40-34(38)26(2)30-16-8-12-28-10-4-6-14-32(28)30;;/h3-16,25-26H,17-24H2,1-2H3;2*1H. The van der Waals surface area contributed by atoms with E-state index in [2.05, 4.69) is 46.2 Å². The highest BCUT2D eigenvalue weighted by Crippen LogP contribution is 2.27. The average molecular weight is 612 g/mol. The van der Waals surface area contributed by atoms with Gasteiger partial charge >= 0.3 is 11.9 Å². The molecule has 4 aromatic rings. The number of esters is 2. The molecule has 224 valence electrons. The molecule has 6 nitrogen and oxygen atoms in total. The second kappa shape index (κ2) is 15.9. The smallest absolute Gasteiger partial charge is 0.313 e. The first kappa shape index (κ1) is 33.3. The van der Waals surface area contributed by atoms with Crippen molar-refractivity contribution in [3.8, 4) is 0 Å². The third-order valence-electron chi connectivity index (χ3n) is 8.06. The molecule has 1 saturated heterocycles. The Balaban J connectivity index is 0.00000242. The third-order valence-corrected chi connectivity index (χ3v) is 8.06. The molecule has 0 radical (unpaired) electrons. The molecule has 2 atom stereocenters. The van der Waals surface area contributed by atoms with Crippen LogP contribution in [0.1, 0.15) is 36.8 Å². The lowest BCUT2D eigenvalue weighted by molar-refractivity contribution is -0.146. The Bertz CT molecular complexity index is 1350. The maximum atomic E-state index is 12.8. The normalized spacial score (nSPS) is 15.3. The van der Waals surface area contributed by atoms with Gasteiger partial charge in [-0.05, 0) is 46.5 Å². The van der Waals surface area contributed by atoms with E-state index in [0.717, 1.165) is 71.9 Å². The quantitative estimate of drug-likeness (QED) is 0.192. The van der Waals surface area contributed by atoms with Crippen LogP contribution in [-0.4, -0.2) is 74.2 Å². The minimum atomic E-state index is -0.311. The first-order chi connectivity index (χ1) is 19.5. The van der Waals surface area contributed by atoms with Crippen molar-refractivity contribution in [3.05, 3.63) is 96.1 Å². The number of ether oxygens (including phenoxy) is 2. The Morgan fingerprint density at radius 2 is 0.952 bits per heavy atom. The number of nitrogens with zero attached hydrogens (tertiary/aromatic N) is 2. The Morgan fingerprint density at radius 3 is 1.36 bits per heavy atom. The van der Waals surface area contributed by atoms with Crippen LogP contribution in [0.3, 0.4) is 0 Å². The molecule has 1 aliphatic rings. The molecule has 0 N–H and O–H groups in total. The van der Waals surface area contributed by atoms with Crippen molar-refractivity contribution in [2.75, 3.05) is 52.5 Å².